The van der Waals surface area contributed by atoms with Crippen LogP contribution in [-0.2, 0) is 4.74 Å². The number of ketones is 1. The molecule has 0 saturated carbocycles. The van der Waals surface area contributed by atoms with Crippen LogP contribution in [-0.4, -0.2) is 30.1 Å². The second kappa shape index (κ2) is 3.75. The summed E-state index contributed by atoms with van der Waals surface area (Å²) in [4.78, 5) is 15.0. The van der Waals surface area contributed by atoms with Gasteiger partial charge in [-0.05, 0) is 13.0 Å². The fourth-order valence-corrected chi connectivity index (χ4v) is 1.11. The molecule has 4 nitrogen and oxygen atoms in total. The Balaban J connectivity index is 2.01. The number of pyridine rings is 1. The monoisotopic (exact) mass is 193 g/mol. The number of carbonyl (C=O) groups is 1. The highest BCUT2D eigenvalue weighted by atomic mass is 16.6. The van der Waals surface area contributed by atoms with E-state index in [0.717, 1.165) is 0 Å². The standard InChI is InChI=1S/C10H11NO3/c1-7(12)8-2-3-10(11-4-8)14-9-5-13-6-9/h2-4,9H,5-6H2,1H3. The van der Waals surface area contributed by atoms with Crippen molar-refractivity contribution < 1.29 is 14.3 Å². The van der Waals surface area contributed by atoms with Crippen LogP contribution in [0.1, 0.15) is 17.3 Å². The van der Waals surface area contributed by atoms with E-state index in [0.29, 0.717) is 24.7 Å². The minimum atomic E-state index is 0.0102. The quantitative estimate of drug-likeness (QED) is 0.673. The second-order valence-electron chi connectivity index (χ2n) is 3.22. The maximum atomic E-state index is 10.9. The average molecular weight is 193 g/mol. The van der Waals surface area contributed by atoms with E-state index in [-0.39, 0.29) is 11.9 Å². The lowest BCUT2D eigenvalue weighted by Crippen LogP contribution is -2.38. The summed E-state index contributed by atoms with van der Waals surface area (Å²) >= 11 is 0. The summed E-state index contributed by atoms with van der Waals surface area (Å²) in [6, 6.07) is 3.42. The topological polar surface area (TPSA) is 48.4 Å². The summed E-state index contributed by atoms with van der Waals surface area (Å²) in [6.07, 6.45) is 1.64. The van der Waals surface area contributed by atoms with Gasteiger partial charge in [0, 0.05) is 17.8 Å². The molecule has 1 aromatic heterocycles. The summed E-state index contributed by atoms with van der Waals surface area (Å²) in [5.74, 6) is 0.555. The predicted octanol–water partition coefficient (Wildman–Crippen LogP) is 1.06. The lowest BCUT2D eigenvalue weighted by Gasteiger charge is -2.25. The molecule has 2 heterocycles. The maximum absolute atomic E-state index is 10.9. The van der Waals surface area contributed by atoms with E-state index in [2.05, 4.69) is 4.98 Å². The normalized spacial score (nSPS) is 16.1. The van der Waals surface area contributed by atoms with Crippen molar-refractivity contribution in [3.8, 4) is 5.88 Å². The predicted molar refractivity (Wildman–Crippen MR) is 49.5 cm³/mol. The first-order valence-electron chi connectivity index (χ1n) is 4.47. The molecule has 1 saturated heterocycles. The zero-order valence-electron chi connectivity index (χ0n) is 7.90. The Kier molecular flexibility index (Phi) is 2.45. The van der Waals surface area contributed by atoms with Crippen LogP contribution >= 0.6 is 0 Å². The van der Waals surface area contributed by atoms with Gasteiger partial charge >= 0.3 is 0 Å². The molecular weight excluding hydrogens is 182 g/mol. The molecule has 4 heteroatoms. The molecule has 2 rings (SSSR count). The van der Waals surface area contributed by atoms with Crippen molar-refractivity contribution in [2.75, 3.05) is 13.2 Å². The van der Waals surface area contributed by atoms with Crippen LogP contribution in [0.15, 0.2) is 18.3 Å². The van der Waals surface area contributed by atoms with E-state index in [1.165, 1.54) is 13.1 Å². The zero-order valence-corrected chi connectivity index (χ0v) is 7.90. The van der Waals surface area contributed by atoms with E-state index >= 15 is 0 Å². The molecule has 0 N–H and O–H groups in total. The second-order valence-corrected chi connectivity index (χ2v) is 3.22. The number of aromatic nitrogens is 1. The summed E-state index contributed by atoms with van der Waals surface area (Å²) in [5.41, 5.74) is 0.599. The minimum Gasteiger partial charge on any atom is -0.469 e. The SMILES string of the molecule is CC(=O)c1ccc(OC2COC2)nc1. The summed E-state index contributed by atoms with van der Waals surface area (Å²) in [5, 5.41) is 0. The Hall–Kier alpha value is -1.42. The lowest BCUT2D eigenvalue weighted by atomic mass is 10.2. The lowest BCUT2D eigenvalue weighted by molar-refractivity contribution is -0.0813. The summed E-state index contributed by atoms with van der Waals surface area (Å²) in [6.45, 7) is 2.75. The first-order chi connectivity index (χ1) is 6.75. The minimum absolute atomic E-state index is 0.0102. The number of rotatable bonds is 3. The van der Waals surface area contributed by atoms with Crippen LogP contribution in [0.3, 0.4) is 0 Å². The van der Waals surface area contributed by atoms with E-state index in [9.17, 15) is 4.79 Å². The van der Waals surface area contributed by atoms with Crippen LogP contribution < -0.4 is 4.74 Å². The first-order valence-corrected chi connectivity index (χ1v) is 4.47. The van der Waals surface area contributed by atoms with Crippen molar-refractivity contribution in [2.24, 2.45) is 0 Å². The first kappa shape index (κ1) is 9.15. The highest BCUT2D eigenvalue weighted by Gasteiger charge is 2.20. The third kappa shape index (κ3) is 1.90. The van der Waals surface area contributed by atoms with Gasteiger partial charge in [-0.25, -0.2) is 4.98 Å². The van der Waals surface area contributed by atoms with Crippen molar-refractivity contribution >= 4 is 5.78 Å². The number of hydrogen-bond acceptors (Lipinski definition) is 4. The molecule has 14 heavy (non-hydrogen) atoms. The third-order valence-electron chi connectivity index (χ3n) is 2.04. The Labute approximate surface area is 81.9 Å². The average Bonchev–Trinajstić information content (AvgIpc) is 2.12. The molecule has 0 amide bonds. The number of ether oxygens (including phenoxy) is 2. The Morgan fingerprint density at radius 2 is 2.36 bits per heavy atom. The van der Waals surface area contributed by atoms with Gasteiger partial charge in [-0.15, -0.1) is 0 Å². The van der Waals surface area contributed by atoms with Crippen LogP contribution in [0.5, 0.6) is 5.88 Å². The van der Waals surface area contributed by atoms with E-state index in [1.807, 2.05) is 0 Å². The van der Waals surface area contributed by atoms with Gasteiger partial charge in [-0.1, -0.05) is 0 Å². The third-order valence-corrected chi connectivity index (χ3v) is 2.04. The van der Waals surface area contributed by atoms with Gasteiger partial charge in [-0.2, -0.15) is 0 Å². The van der Waals surface area contributed by atoms with Crippen molar-refractivity contribution in [2.45, 2.75) is 13.0 Å². The number of nitrogens with zero attached hydrogens (tertiary/aromatic N) is 1. The molecule has 0 aliphatic carbocycles. The molecule has 0 radical (unpaired) electrons. The molecule has 1 aliphatic heterocycles. The van der Waals surface area contributed by atoms with Gasteiger partial charge in [0.05, 0.1) is 13.2 Å². The van der Waals surface area contributed by atoms with Crippen LogP contribution in [0.25, 0.3) is 0 Å². The van der Waals surface area contributed by atoms with Gasteiger partial charge in [-0.3, -0.25) is 4.79 Å². The molecular formula is C10H11NO3. The zero-order chi connectivity index (χ0) is 9.97. The van der Waals surface area contributed by atoms with Gasteiger partial charge in [0.15, 0.2) is 5.78 Å². The number of hydrogen-bond donors (Lipinski definition) is 0. The van der Waals surface area contributed by atoms with Crippen LogP contribution in [0.2, 0.25) is 0 Å². The molecule has 0 spiro atoms. The Morgan fingerprint density at radius 1 is 1.57 bits per heavy atom. The fourth-order valence-electron chi connectivity index (χ4n) is 1.11. The molecule has 74 valence electrons. The molecule has 0 unspecified atom stereocenters. The Bertz CT molecular complexity index is 330. The van der Waals surface area contributed by atoms with Gasteiger partial charge < -0.3 is 9.47 Å². The van der Waals surface area contributed by atoms with E-state index in [1.54, 1.807) is 12.1 Å². The van der Waals surface area contributed by atoms with Crippen LogP contribution in [0, 0.1) is 0 Å². The van der Waals surface area contributed by atoms with E-state index in [4.69, 9.17) is 9.47 Å². The largest absolute Gasteiger partial charge is 0.469 e. The smallest absolute Gasteiger partial charge is 0.213 e. The Morgan fingerprint density at radius 3 is 2.79 bits per heavy atom. The van der Waals surface area contributed by atoms with Crippen molar-refractivity contribution in [3.05, 3.63) is 23.9 Å². The van der Waals surface area contributed by atoms with Crippen molar-refractivity contribution in [1.82, 2.24) is 4.98 Å². The molecule has 1 aliphatic rings. The molecule has 1 aromatic rings. The van der Waals surface area contributed by atoms with Gasteiger partial charge in [0.2, 0.25) is 5.88 Å². The number of Topliss-reactive ketones (excluding diaryl/α,β-unsaturated/α-hetero) is 1. The highest BCUT2D eigenvalue weighted by molar-refractivity contribution is 5.93. The number of carbonyl (C=O) groups excluding carboxylic acids is 1. The van der Waals surface area contributed by atoms with Gasteiger partial charge in [0.1, 0.15) is 6.10 Å². The van der Waals surface area contributed by atoms with Crippen LogP contribution in [0.4, 0.5) is 0 Å². The summed E-state index contributed by atoms with van der Waals surface area (Å²) < 4.78 is 10.4. The molecule has 0 atom stereocenters. The molecule has 0 aromatic carbocycles. The maximum Gasteiger partial charge on any atom is 0.213 e. The fraction of sp³-hybridized carbons (Fsp3) is 0.400. The van der Waals surface area contributed by atoms with Crippen molar-refractivity contribution in [3.63, 3.8) is 0 Å². The highest BCUT2D eigenvalue weighted by Crippen LogP contribution is 2.13. The summed E-state index contributed by atoms with van der Waals surface area (Å²) in [7, 11) is 0. The van der Waals surface area contributed by atoms with Gasteiger partial charge in [0.25, 0.3) is 0 Å². The molecule has 1 fully saturated rings. The van der Waals surface area contributed by atoms with E-state index < -0.39 is 0 Å². The molecule has 0 bridgehead atoms. The van der Waals surface area contributed by atoms with Crippen molar-refractivity contribution in [1.29, 1.82) is 0 Å².